The van der Waals surface area contributed by atoms with Gasteiger partial charge in [0.05, 0.1) is 29.4 Å². The first-order valence-electron chi connectivity index (χ1n) is 14.2. The molecule has 7 atom stereocenters. The van der Waals surface area contributed by atoms with Gasteiger partial charge in [-0.25, -0.2) is 4.90 Å². The lowest BCUT2D eigenvalue weighted by molar-refractivity contribution is -0.145. The number of nitrogens with zero attached hydrogens (tertiary/aromatic N) is 1. The molecule has 0 aromatic heterocycles. The molecule has 5 aliphatic carbocycles. The van der Waals surface area contributed by atoms with Gasteiger partial charge in [0.15, 0.2) is 0 Å². The van der Waals surface area contributed by atoms with Crippen LogP contribution >= 0.6 is 0 Å². The number of esters is 1. The van der Waals surface area contributed by atoms with E-state index in [0.717, 1.165) is 35.1 Å². The fraction of sp³-hybridized carbons (Fsp3) is 0.333. The molecular weight excluding hydrogens is 504 g/mol. The highest BCUT2D eigenvalue weighted by Gasteiger charge is 2.64. The second-order valence-corrected chi connectivity index (χ2v) is 12.2. The Morgan fingerprint density at radius 2 is 1.35 bits per heavy atom. The Balaban J connectivity index is 1.05. The molecule has 7 nitrogen and oxygen atoms in total. The van der Waals surface area contributed by atoms with Crippen molar-refractivity contribution in [2.45, 2.75) is 30.8 Å². The first kappa shape index (κ1) is 22.5. The molecule has 3 amide bonds. The average molecular weight is 531 g/mol. The minimum Gasteiger partial charge on any atom is -0.462 e. The Hall–Kier alpha value is -4.26. The number of hydrogen-bond acceptors (Lipinski definition) is 5. The molecule has 7 heteroatoms. The number of anilines is 2. The number of carbonyl (C=O) groups is 4. The lowest BCUT2D eigenvalue weighted by atomic mass is 9.55. The zero-order valence-electron chi connectivity index (χ0n) is 21.5. The van der Waals surface area contributed by atoms with Crippen LogP contribution in [0.25, 0.3) is 0 Å². The summed E-state index contributed by atoms with van der Waals surface area (Å²) in [7, 11) is 0. The summed E-state index contributed by atoms with van der Waals surface area (Å²) in [6, 6.07) is 23.4. The van der Waals surface area contributed by atoms with Crippen molar-refractivity contribution in [3.8, 4) is 0 Å². The molecule has 3 aromatic carbocycles. The number of nitrogens with one attached hydrogen (secondary N) is 1. The molecule has 7 aliphatic rings. The maximum atomic E-state index is 14.1. The summed E-state index contributed by atoms with van der Waals surface area (Å²) < 4.78 is 5.49. The molecule has 4 bridgehead atoms. The van der Waals surface area contributed by atoms with E-state index >= 15 is 0 Å². The van der Waals surface area contributed by atoms with E-state index in [9.17, 15) is 19.2 Å². The van der Waals surface area contributed by atoms with Gasteiger partial charge in [-0.2, -0.15) is 0 Å². The predicted octanol–water partition coefficient (Wildman–Crippen LogP) is 4.22. The first-order chi connectivity index (χ1) is 19.5. The Morgan fingerprint density at radius 3 is 1.95 bits per heavy atom. The normalized spacial score (nSPS) is 35.5. The zero-order chi connectivity index (χ0) is 26.9. The summed E-state index contributed by atoms with van der Waals surface area (Å²) in [6.45, 7) is 0. The van der Waals surface area contributed by atoms with Crippen molar-refractivity contribution in [2.75, 3.05) is 10.2 Å². The van der Waals surface area contributed by atoms with Crippen LogP contribution in [-0.2, 0) is 23.9 Å². The van der Waals surface area contributed by atoms with Crippen molar-refractivity contribution in [1.82, 2.24) is 0 Å². The monoisotopic (exact) mass is 530 g/mol. The lowest BCUT2D eigenvalue weighted by Crippen LogP contribution is -2.41. The van der Waals surface area contributed by atoms with Crippen LogP contribution in [0.1, 0.15) is 46.9 Å². The van der Waals surface area contributed by atoms with Gasteiger partial charge in [0.1, 0.15) is 6.10 Å². The third-order valence-corrected chi connectivity index (χ3v) is 10.6. The average Bonchev–Trinajstić information content (AvgIpc) is 3.67. The lowest BCUT2D eigenvalue weighted by Gasteiger charge is -2.45. The molecular formula is C33H26N2O5. The van der Waals surface area contributed by atoms with Crippen LogP contribution in [0.2, 0.25) is 0 Å². The summed E-state index contributed by atoms with van der Waals surface area (Å²) in [5.74, 6) is -2.55. The molecule has 4 fully saturated rings. The first-order valence-corrected chi connectivity index (χ1v) is 14.2. The van der Waals surface area contributed by atoms with Crippen LogP contribution in [0.15, 0.2) is 72.8 Å². The van der Waals surface area contributed by atoms with E-state index in [1.165, 1.54) is 4.90 Å². The number of amides is 3. The van der Waals surface area contributed by atoms with Crippen molar-refractivity contribution >= 4 is 35.1 Å². The fourth-order valence-electron chi connectivity index (χ4n) is 9.24. The summed E-state index contributed by atoms with van der Waals surface area (Å²) in [5.41, 5.74) is 5.51. The molecule has 2 aliphatic heterocycles. The molecule has 2 saturated carbocycles. The van der Waals surface area contributed by atoms with Crippen LogP contribution in [0.3, 0.4) is 0 Å². The number of rotatable bonds is 3. The molecule has 1 N–H and O–H groups in total. The fourth-order valence-corrected chi connectivity index (χ4v) is 9.24. The van der Waals surface area contributed by atoms with Crippen molar-refractivity contribution in [2.24, 2.45) is 35.5 Å². The predicted molar refractivity (Wildman–Crippen MR) is 144 cm³/mol. The smallest absolute Gasteiger partial charge is 0.310 e. The summed E-state index contributed by atoms with van der Waals surface area (Å²) >= 11 is 0. The highest BCUT2D eigenvalue weighted by molar-refractivity contribution is 6.23. The number of imide groups is 1. The Bertz CT molecular complexity index is 1560. The van der Waals surface area contributed by atoms with E-state index in [1.54, 1.807) is 24.3 Å². The summed E-state index contributed by atoms with van der Waals surface area (Å²) in [4.78, 5) is 55.3. The van der Waals surface area contributed by atoms with E-state index in [2.05, 4.69) is 29.6 Å². The van der Waals surface area contributed by atoms with Gasteiger partial charge in [0.2, 0.25) is 17.7 Å². The van der Waals surface area contributed by atoms with Crippen molar-refractivity contribution in [3.63, 3.8) is 0 Å². The van der Waals surface area contributed by atoms with E-state index in [-0.39, 0.29) is 59.4 Å². The molecule has 198 valence electrons. The number of hydrogen-bond donors (Lipinski definition) is 1. The van der Waals surface area contributed by atoms with E-state index < -0.39 is 17.8 Å². The van der Waals surface area contributed by atoms with Crippen LogP contribution < -0.4 is 10.2 Å². The largest absolute Gasteiger partial charge is 0.462 e. The quantitative estimate of drug-likeness (QED) is 0.404. The van der Waals surface area contributed by atoms with Gasteiger partial charge in [-0.3, -0.25) is 19.2 Å². The Labute approximate surface area is 230 Å². The SMILES string of the molecule is O=C(Nc1cccc(N2C(=O)[C@@H]3C4c5ccccc5C(c5ccccc54)[C@@H]3C2=O)c1)[C@@H]1[C@@H]2C[C@@H]3[C@@H]1C(=O)O[C@H]3C2. The van der Waals surface area contributed by atoms with Gasteiger partial charge in [-0.1, -0.05) is 54.6 Å². The minimum absolute atomic E-state index is 0.0295. The number of ether oxygens (including phenoxy) is 1. The van der Waals surface area contributed by atoms with Gasteiger partial charge in [0.25, 0.3) is 0 Å². The second kappa shape index (κ2) is 7.68. The molecule has 3 aromatic rings. The zero-order valence-corrected chi connectivity index (χ0v) is 21.5. The standard InChI is InChI=1S/C33H26N2O5/c36-30(24-15-12-22-23(13-15)40-33(39)27(22)24)34-16-6-5-7-17(14-16)35-31(37)28-25-18-8-1-2-9-19(18)26(29(28)32(35)38)21-11-4-3-10-20(21)25/h1-11,14-15,22-29H,12-13H2,(H,34,36)/t15-,22+,23+,24-,25?,26?,27+,28-,29+/m1/s1. The highest BCUT2D eigenvalue weighted by Crippen LogP contribution is 2.61. The van der Waals surface area contributed by atoms with Crippen LogP contribution in [0, 0.1) is 35.5 Å². The van der Waals surface area contributed by atoms with Gasteiger partial charge in [-0.05, 0) is 59.2 Å². The van der Waals surface area contributed by atoms with Crippen LogP contribution in [-0.4, -0.2) is 29.8 Å². The highest BCUT2D eigenvalue weighted by atomic mass is 16.6. The molecule has 0 radical (unpaired) electrons. The minimum atomic E-state index is -0.462. The molecule has 2 heterocycles. The topological polar surface area (TPSA) is 92.8 Å². The summed E-state index contributed by atoms with van der Waals surface area (Å²) in [5, 5.41) is 2.99. The van der Waals surface area contributed by atoms with Gasteiger partial charge in [0, 0.05) is 23.4 Å². The molecule has 40 heavy (non-hydrogen) atoms. The van der Waals surface area contributed by atoms with Crippen LogP contribution in [0.5, 0.6) is 0 Å². The van der Waals surface area contributed by atoms with Crippen LogP contribution in [0.4, 0.5) is 11.4 Å². The number of carbonyl (C=O) groups excluding carboxylic acids is 4. The third-order valence-electron chi connectivity index (χ3n) is 10.6. The van der Waals surface area contributed by atoms with E-state index in [4.69, 9.17) is 4.74 Å². The Morgan fingerprint density at radius 1 is 0.750 bits per heavy atom. The molecule has 0 unspecified atom stereocenters. The van der Waals surface area contributed by atoms with E-state index in [0.29, 0.717) is 11.4 Å². The number of fused-ring (bicyclic) bond motifs is 1. The maximum absolute atomic E-state index is 14.1. The Kier molecular flexibility index (Phi) is 4.33. The van der Waals surface area contributed by atoms with Crippen molar-refractivity contribution in [3.05, 3.63) is 95.1 Å². The van der Waals surface area contributed by atoms with Crippen molar-refractivity contribution < 1.29 is 23.9 Å². The van der Waals surface area contributed by atoms with Gasteiger partial charge in [-0.15, -0.1) is 0 Å². The van der Waals surface area contributed by atoms with Crippen molar-refractivity contribution in [1.29, 1.82) is 0 Å². The molecule has 2 saturated heterocycles. The second-order valence-electron chi connectivity index (χ2n) is 12.2. The molecule has 10 rings (SSSR count). The number of benzene rings is 3. The van der Waals surface area contributed by atoms with E-state index in [1.807, 2.05) is 24.3 Å². The maximum Gasteiger partial charge on any atom is 0.310 e. The summed E-state index contributed by atoms with van der Waals surface area (Å²) in [6.07, 6.45) is 1.57. The van der Waals surface area contributed by atoms with Gasteiger partial charge >= 0.3 is 5.97 Å². The third kappa shape index (κ3) is 2.70. The molecule has 0 spiro atoms. The van der Waals surface area contributed by atoms with Gasteiger partial charge < -0.3 is 10.1 Å².